The van der Waals surface area contributed by atoms with Gasteiger partial charge in [0.15, 0.2) is 5.82 Å². The average Bonchev–Trinajstić information content (AvgIpc) is 4.39. The van der Waals surface area contributed by atoms with E-state index in [-0.39, 0.29) is 10.8 Å². The van der Waals surface area contributed by atoms with Crippen molar-refractivity contribution in [3.8, 4) is 90.0 Å². The van der Waals surface area contributed by atoms with E-state index in [1.54, 1.807) is 0 Å². The number of rotatable bonds is 7. The normalized spacial score (nSPS) is 13.7. The Morgan fingerprint density at radius 2 is 0.637 bits per heavy atom. The fourth-order valence-electron chi connectivity index (χ4n) is 13.6. The lowest BCUT2D eigenvalue weighted by Crippen LogP contribution is -2.14. The standard InChI is InChI=1S/C75H53N5/c1-74(2)63-29-14-10-25-55(63)57-37-33-49(44-65(57)74)47-35-39-69-61(42-47)59-27-12-16-31-67(59)79(69)72-76-71(52-22-18-21-51(41-52)54-24-9-8-23-53(54)46-19-6-5-7-20-46)77-73(78-72)80-68-32-17-13-28-60(68)62-43-48(36-40-70(62)80)50-34-38-58-56-26-11-15-30-64(56)75(3,4)66(58)45-50/h5-45H,1-4H3. The van der Waals surface area contributed by atoms with Crippen LogP contribution in [0.4, 0.5) is 0 Å². The van der Waals surface area contributed by atoms with Crippen molar-refractivity contribution < 1.29 is 0 Å². The molecule has 2 aliphatic rings. The third-order valence-corrected chi connectivity index (χ3v) is 17.6. The fraction of sp³-hybridized carbons (Fsp3) is 0.0800. The highest BCUT2D eigenvalue weighted by Gasteiger charge is 2.37. The topological polar surface area (TPSA) is 48.5 Å². The highest BCUT2D eigenvalue weighted by molar-refractivity contribution is 6.12. The van der Waals surface area contributed by atoms with Gasteiger partial charge in [-0.25, -0.2) is 0 Å². The second-order valence-electron chi connectivity index (χ2n) is 22.8. The van der Waals surface area contributed by atoms with Crippen LogP contribution in [0.1, 0.15) is 49.9 Å². The third-order valence-electron chi connectivity index (χ3n) is 17.6. The van der Waals surface area contributed by atoms with E-state index in [0.717, 1.165) is 71.4 Å². The minimum atomic E-state index is -0.104. The Morgan fingerprint density at radius 3 is 1.18 bits per heavy atom. The van der Waals surface area contributed by atoms with E-state index in [2.05, 4.69) is 286 Å². The summed E-state index contributed by atoms with van der Waals surface area (Å²) in [6.45, 7) is 9.39. The molecule has 3 heterocycles. The van der Waals surface area contributed by atoms with Gasteiger partial charge in [-0.3, -0.25) is 9.13 Å². The number of para-hydroxylation sites is 2. The van der Waals surface area contributed by atoms with Gasteiger partial charge < -0.3 is 0 Å². The second-order valence-corrected chi connectivity index (χ2v) is 22.8. The van der Waals surface area contributed by atoms with Crippen molar-refractivity contribution in [1.82, 2.24) is 24.1 Å². The van der Waals surface area contributed by atoms with Gasteiger partial charge in [0.2, 0.25) is 11.9 Å². The maximum Gasteiger partial charge on any atom is 0.240 e. The molecular weight excluding hydrogens is 971 g/mol. The largest absolute Gasteiger partial charge is 0.278 e. The summed E-state index contributed by atoms with van der Waals surface area (Å²) in [4.78, 5) is 16.6. The van der Waals surface area contributed by atoms with Crippen molar-refractivity contribution in [3.05, 3.63) is 271 Å². The zero-order valence-electron chi connectivity index (χ0n) is 44.9. The molecular formula is C75H53N5. The van der Waals surface area contributed by atoms with Crippen LogP contribution >= 0.6 is 0 Å². The molecule has 0 atom stereocenters. The molecule has 0 fully saturated rings. The second kappa shape index (κ2) is 17.3. The predicted octanol–water partition coefficient (Wildman–Crippen LogP) is 19.0. The maximum atomic E-state index is 5.59. The van der Waals surface area contributed by atoms with Crippen molar-refractivity contribution >= 4 is 43.6 Å². The number of benzene rings is 11. The van der Waals surface area contributed by atoms with Crippen LogP contribution in [0.2, 0.25) is 0 Å². The van der Waals surface area contributed by atoms with Crippen molar-refractivity contribution in [2.45, 2.75) is 38.5 Å². The van der Waals surface area contributed by atoms with Gasteiger partial charge >= 0.3 is 0 Å². The number of hydrogen-bond donors (Lipinski definition) is 0. The number of fused-ring (bicyclic) bond motifs is 12. The van der Waals surface area contributed by atoms with Crippen LogP contribution in [-0.4, -0.2) is 24.1 Å². The molecule has 5 heteroatoms. The lowest BCUT2D eigenvalue weighted by molar-refractivity contribution is 0.660. The van der Waals surface area contributed by atoms with Crippen molar-refractivity contribution in [1.29, 1.82) is 0 Å². The van der Waals surface area contributed by atoms with Gasteiger partial charge in [-0.15, -0.1) is 0 Å². The number of hydrogen-bond acceptors (Lipinski definition) is 3. The van der Waals surface area contributed by atoms with Crippen LogP contribution in [0.3, 0.4) is 0 Å². The molecule has 378 valence electrons. The first-order chi connectivity index (χ1) is 39.2. The molecule has 0 saturated heterocycles. The molecule has 11 aromatic carbocycles. The number of nitrogens with zero attached hydrogens (tertiary/aromatic N) is 5. The molecule has 0 aliphatic heterocycles. The van der Waals surface area contributed by atoms with Gasteiger partial charge in [-0.1, -0.05) is 222 Å². The Kier molecular flexibility index (Phi) is 9.96. The van der Waals surface area contributed by atoms with Gasteiger partial charge in [-0.05, 0) is 144 Å². The maximum absolute atomic E-state index is 5.59. The highest BCUT2D eigenvalue weighted by Crippen LogP contribution is 2.51. The van der Waals surface area contributed by atoms with E-state index < -0.39 is 0 Å². The first kappa shape index (κ1) is 46.2. The molecule has 0 radical (unpaired) electrons. The van der Waals surface area contributed by atoms with Crippen molar-refractivity contribution in [2.75, 3.05) is 0 Å². The molecule has 0 unspecified atom stereocenters. The van der Waals surface area contributed by atoms with Gasteiger partial charge in [0.1, 0.15) is 0 Å². The van der Waals surface area contributed by atoms with Gasteiger partial charge in [-0.2, -0.15) is 15.0 Å². The highest BCUT2D eigenvalue weighted by atomic mass is 15.3. The van der Waals surface area contributed by atoms with Crippen molar-refractivity contribution in [2.24, 2.45) is 0 Å². The summed E-state index contributed by atoms with van der Waals surface area (Å²) in [7, 11) is 0. The SMILES string of the molecule is CC1(C)c2ccccc2-c2ccc(-c3ccc4c(c3)c3ccccc3n4-c3nc(-c4cccc(-c5ccccc5-c5ccccc5)c4)nc(-n4c5ccccc5c5cc(-c6ccc7c(c6)C(C)(C)c6ccccc6-7)ccc54)n3)cc21. The van der Waals surface area contributed by atoms with Gasteiger partial charge in [0.25, 0.3) is 0 Å². The molecule has 0 bridgehead atoms. The van der Waals surface area contributed by atoms with Gasteiger partial charge in [0, 0.05) is 37.9 Å². The van der Waals surface area contributed by atoms with E-state index in [1.165, 1.54) is 66.8 Å². The summed E-state index contributed by atoms with van der Waals surface area (Å²) < 4.78 is 4.47. The summed E-state index contributed by atoms with van der Waals surface area (Å²) in [6, 6.07) is 90.7. The van der Waals surface area contributed by atoms with Crippen LogP contribution in [-0.2, 0) is 10.8 Å². The summed E-state index contributed by atoms with van der Waals surface area (Å²) in [5.41, 5.74) is 24.8. The first-order valence-electron chi connectivity index (χ1n) is 27.8. The van der Waals surface area contributed by atoms with E-state index in [9.17, 15) is 0 Å². The Bertz CT molecular complexity index is 4650. The molecule has 16 rings (SSSR count). The Hall–Kier alpha value is -9.97. The quantitative estimate of drug-likeness (QED) is 0.160. The molecule has 2 aliphatic carbocycles. The summed E-state index contributed by atoms with van der Waals surface area (Å²) in [6.07, 6.45) is 0. The monoisotopic (exact) mass is 1020 g/mol. The predicted molar refractivity (Wildman–Crippen MR) is 331 cm³/mol. The van der Waals surface area contributed by atoms with Crippen molar-refractivity contribution in [3.63, 3.8) is 0 Å². The molecule has 0 amide bonds. The molecule has 5 nitrogen and oxygen atoms in total. The minimum absolute atomic E-state index is 0.104. The Labute approximate surface area is 464 Å². The van der Waals surface area contributed by atoms with Crippen LogP contribution in [0.5, 0.6) is 0 Å². The lowest BCUT2D eigenvalue weighted by Gasteiger charge is -2.22. The smallest absolute Gasteiger partial charge is 0.240 e. The molecule has 3 aromatic heterocycles. The van der Waals surface area contributed by atoms with E-state index >= 15 is 0 Å². The lowest BCUT2D eigenvalue weighted by atomic mass is 9.81. The zero-order chi connectivity index (χ0) is 53.4. The van der Waals surface area contributed by atoms with E-state index in [1.807, 2.05) is 0 Å². The summed E-state index contributed by atoms with van der Waals surface area (Å²) >= 11 is 0. The number of aromatic nitrogens is 5. The average molecular weight is 1020 g/mol. The third kappa shape index (κ3) is 6.86. The van der Waals surface area contributed by atoms with Crippen LogP contribution in [0.25, 0.3) is 134 Å². The molecule has 14 aromatic rings. The van der Waals surface area contributed by atoms with Crippen LogP contribution in [0.15, 0.2) is 249 Å². The van der Waals surface area contributed by atoms with Crippen LogP contribution in [0, 0.1) is 0 Å². The van der Waals surface area contributed by atoms with E-state index in [0.29, 0.717) is 17.7 Å². The molecule has 0 spiro atoms. The summed E-state index contributed by atoms with van der Waals surface area (Å²) in [5, 5.41) is 4.52. The summed E-state index contributed by atoms with van der Waals surface area (Å²) in [5.74, 6) is 1.67. The molecule has 0 N–H and O–H groups in total. The Balaban J connectivity index is 0.889. The Morgan fingerprint density at radius 1 is 0.250 bits per heavy atom. The van der Waals surface area contributed by atoms with Crippen LogP contribution < -0.4 is 0 Å². The first-order valence-corrected chi connectivity index (χ1v) is 27.8. The minimum Gasteiger partial charge on any atom is -0.278 e. The zero-order valence-corrected chi connectivity index (χ0v) is 44.9. The molecule has 80 heavy (non-hydrogen) atoms. The fourth-order valence-corrected chi connectivity index (χ4v) is 13.6. The molecule has 0 saturated carbocycles. The van der Waals surface area contributed by atoms with Gasteiger partial charge in [0.05, 0.1) is 22.1 Å². The van der Waals surface area contributed by atoms with E-state index in [4.69, 9.17) is 15.0 Å².